The van der Waals surface area contributed by atoms with Crippen LogP contribution in [0.5, 0.6) is 0 Å². The van der Waals surface area contributed by atoms with Crippen molar-refractivity contribution in [2.24, 2.45) is 0 Å². The third kappa shape index (κ3) is 4.69. The van der Waals surface area contributed by atoms with E-state index in [1.54, 1.807) is 11.8 Å². The third-order valence-corrected chi connectivity index (χ3v) is 4.65. The number of nitrogens with one attached hydrogen (secondary N) is 2. The molecular formula is C13H23N3O2S. The molecule has 0 radical (unpaired) electrons. The van der Waals surface area contributed by atoms with Gasteiger partial charge in [0.1, 0.15) is 0 Å². The molecule has 0 aromatic rings. The molecule has 0 aliphatic carbocycles. The summed E-state index contributed by atoms with van der Waals surface area (Å²) < 4.78 is 0. The molecule has 0 saturated carbocycles. The topological polar surface area (TPSA) is 61.4 Å². The quantitative estimate of drug-likeness (QED) is 0.775. The summed E-state index contributed by atoms with van der Waals surface area (Å²) >= 11 is 1.80. The Morgan fingerprint density at radius 1 is 1.26 bits per heavy atom. The van der Waals surface area contributed by atoms with Crippen LogP contribution in [0.2, 0.25) is 0 Å². The Morgan fingerprint density at radius 2 is 2.05 bits per heavy atom. The zero-order valence-electron chi connectivity index (χ0n) is 11.3. The van der Waals surface area contributed by atoms with Gasteiger partial charge in [-0.2, -0.15) is 11.8 Å². The number of amides is 2. The molecule has 0 aromatic heterocycles. The van der Waals surface area contributed by atoms with Crippen LogP contribution in [0.3, 0.4) is 0 Å². The number of thioether (sulfide) groups is 1. The van der Waals surface area contributed by atoms with E-state index in [4.69, 9.17) is 0 Å². The molecule has 2 rings (SSSR count). The first-order chi connectivity index (χ1) is 9.27. The van der Waals surface area contributed by atoms with Crippen LogP contribution in [0.15, 0.2) is 0 Å². The number of hydrogen-bond acceptors (Lipinski definition) is 4. The highest BCUT2D eigenvalue weighted by Gasteiger charge is 2.21. The predicted molar refractivity (Wildman–Crippen MR) is 77.2 cm³/mol. The van der Waals surface area contributed by atoms with Gasteiger partial charge in [-0.05, 0) is 19.3 Å². The fourth-order valence-corrected chi connectivity index (χ4v) is 3.38. The highest BCUT2D eigenvalue weighted by molar-refractivity contribution is 7.99. The van der Waals surface area contributed by atoms with Gasteiger partial charge in [0.2, 0.25) is 11.8 Å². The zero-order chi connectivity index (χ0) is 13.5. The lowest BCUT2D eigenvalue weighted by Gasteiger charge is -2.27. The lowest BCUT2D eigenvalue weighted by Crippen LogP contribution is -2.49. The summed E-state index contributed by atoms with van der Waals surface area (Å²) in [6.07, 6.45) is 3.87. The standard InChI is InChI=1S/C13H23N3O2S/c17-12(16-7-2-1-3-8-16)4-5-15-13(18)11-10-19-9-6-14-11/h11,14H,1-10H2,(H,15,18). The highest BCUT2D eigenvalue weighted by Crippen LogP contribution is 2.10. The second-order valence-electron chi connectivity index (χ2n) is 5.06. The summed E-state index contributed by atoms with van der Waals surface area (Å²) in [6.45, 7) is 3.10. The van der Waals surface area contributed by atoms with E-state index in [9.17, 15) is 9.59 Å². The molecule has 0 aromatic carbocycles. The minimum Gasteiger partial charge on any atom is -0.354 e. The van der Waals surface area contributed by atoms with Gasteiger partial charge in [-0.3, -0.25) is 9.59 Å². The largest absolute Gasteiger partial charge is 0.354 e. The maximum atomic E-state index is 11.9. The van der Waals surface area contributed by atoms with Crippen molar-refractivity contribution in [3.8, 4) is 0 Å². The first-order valence-corrected chi connectivity index (χ1v) is 8.29. The van der Waals surface area contributed by atoms with Crippen molar-refractivity contribution in [1.29, 1.82) is 0 Å². The van der Waals surface area contributed by atoms with Gasteiger partial charge in [0.15, 0.2) is 0 Å². The second-order valence-corrected chi connectivity index (χ2v) is 6.21. The van der Waals surface area contributed by atoms with Crippen molar-refractivity contribution in [3.63, 3.8) is 0 Å². The molecule has 2 heterocycles. The summed E-state index contributed by atoms with van der Waals surface area (Å²) in [6, 6.07) is -0.0937. The molecule has 0 spiro atoms. The Balaban J connectivity index is 1.62. The number of piperidine rings is 1. The number of nitrogens with zero attached hydrogens (tertiary/aromatic N) is 1. The van der Waals surface area contributed by atoms with E-state index >= 15 is 0 Å². The third-order valence-electron chi connectivity index (χ3n) is 3.59. The summed E-state index contributed by atoms with van der Waals surface area (Å²) in [4.78, 5) is 25.7. The van der Waals surface area contributed by atoms with E-state index in [0.717, 1.165) is 44.0 Å². The molecule has 2 N–H and O–H groups in total. The minimum atomic E-state index is -0.0937. The molecule has 19 heavy (non-hydrogen) atoms. The predicted octanol–water partition coefficient (Wildman–Crippen LogP) is 0.210. The first-order valence-electron chi connectivity index (χ1n) is 7.14. The van der Waals surface area contributed by atoms with Gasteiger partial charge >= 0.3 is 0 Å². The second kappa shape index (κ2) is 7.75. The van der Waals surface area contributed by atoms with E-state index in [0.29, 0.717) is 13.0 Å². The SMILES string of the molecule is O=C(NCCC(=O)N1CCCCC1)C1CSCCN1. The smallest absolute Gasteiger partial charge is 0.238 e. The first kappa shape index (κ1) is 14.7. The van der Waals surface area contributed by atoms with Crippen LogP contribution in [-0.4, -0.2) is 60.4 Å². The molecule has 5 nitrogen and oxygen atoms in total. The maximum Gasteiger partial charge on any atom is 0.238 e. The van der Waals surface area contributed by atoms with Crippen LogP contribution in [0.25, 0.3) is 0 Å². The maximum absolute atomic E-state index is 11.9. The Hall–Kier alpha value is -0.750. The monoisotopic (exact) mass is 285 g/mol. The summed E-state index contributed by atoms with van der Waals surface area (Å²) in [5.74, 6) is 2.09. The minimum absolute atomic E-state index is 0.0265. The average Bonchev–Trinajstić information content (AvgIpc) is 2.49. The molecule has 2 saturated heterocycles. The molecule has 0 bridgehead atoms. The Labute approximate surface area is 118 Å². The number of carbonyl (C=O) groups is 2. The molecule has 2 fully saturated rings. The van der Waals surface area contributed by atoms with Crippen molar-refractivity contribution in [1.82, 2.24) is 15.5 Å². The molecule has 1 atom stereocenters. The van der Waals surface area contributed by atoms with Crippen LogP contribution in [0, 0.1) is 0 Å². The molecule has 6 heteroatoms. The molecule has 1 unspecified atom stereocenters. The van der Waals surface area contributed by atoms with Crippen LogP contribution < -0.4 is 10.6 Å². The van der Waals surface area contributed by atoms with Gasteiger partial charge in [-0.25, -0.2) is 0 Å². The van der Waals surface area contributed by atoms with Gasteiger partial charge in [0, 0.05) is 44.1 Å². The van der Waals surface area contributed by atoms with E-state index in [1.807, 2.05) is 4.90 Å². The summed E-state index contributed by atoms with van der Waals surface area (Å²) in [5, 5.41) is 6.05. The normalized spacial score (nSPS) is 24.0. The highest BCUT2D eigenvalue weighted by atomic mass is 32.2. The van der Waals surface area contributed by atoms with Crippen molar-refractivity contribution >= 4 is 23.6 Å². The Morgan fingerprint density at radius 3 is 2.74 bits per heavy atom. The van der Waals surface area contributed by atoms with Crippen LogP contribution in [0.1, 0.15) is 25.7 Å². The van der Waals surface area contributed by atoms with Crippen molar-refractivity contribution < 1.29 is 9.59 Å². The van der Waals surface area contributed by atoms with Gasteiger partial charge in [0.05, 0.1) is 6.04 Å². The van der Waals surface area contributed by atoms with E-state index in [1.165, 1.54) is 6.42 Å². The lowest BCUT2D eigenvalue weighted by molar-refractivity contribution is -0.132. The van der Waals surface area contributed by atoms with Crippen molar-refractivity contribution in [3.05, 3.63) is 0 Å². The fourth-order valence-electron chi connectivity index (χ4n) is 2.45. The van der Waals surface area contributed by atoms with Crippen LogP contribution >= 0.6 is 11.8 Å². The fraction of sp³-hybridized carbons (Fsp3) is 0.846. The molecule has 108 valence electrons. The van der Waals surface area contributed by atoms with Crippen molar-refractivity contribution in [2.45, 2.75) is 31.7 Å². The van der Waals surface area contributed by atoms with Gasteiger partial charge < -0.3 is 15.5 Å². The van der Waals surface area contributed by atoms with Crippen molar-refractivity contribution in [2.75, 3.05) is 37.7 Å². The van der Waals surface area contributed by atoms with Crippen LogP contribution in [-0.2, 0) is 9.59 Å². The van der Waals surface area contributed by atoms with E-state index in [-0.39, 0.29) is 17.9 Å². The molecular weight excluding hydrogens is 262 g/mol. The van der Waals surface area contributed by atoms with Crippen LogP contribution in [0.4, 0.5) is 0 Å². The molecule has 2 amide bonds. The summed E-state index contributed by atoms with van der Waals surface area (Å²) in [5.41, 5.74) is 0. The van der Waals surface area contributed by atoms with Gasteiger partial charge in [-0.15, -0.1) is 0 Å². The molecule has 2 aliphatic rings. The number of hydrogen-bond donors (Lipinski definition) is 2. The van der Waals surface area contributed by atoms with E-state index < -0.39 is 0 Å². The lowest BCUT2D eigenvalue weighted by atomic mass is 10.1. The average molecular weight is 285 g/mol. The number of carbonyl (C=O) groups excluding carboxylic acids is 2. The number of rotatable bonds is 4. The molecule has 2 aliphatic heterocycles. The zero-order valence-corrected chi connectivity index (χ0v) is 12.1. The Bertz CT molecular complexity index is 283. The number of likely N-dealkylation sites (tertiary alicyclic amines) is 1. The van der Waals surface area contributed by atoms with Gasteiger partial charge in [0.25, 0.3) is 0 Å². The van der Waals surface area contributed by atoms with E-state index in [2.05, 4.69) is 10.6 Å². The Kier molecular flexibility index (Phi) is 5.97. The van der Waals surface area contributed by atoms with Gasteiger partial charge in [-0.1, -0.05) is 0 Å². The summed E-state index contributed by atoms with van der Waals surface area (Å²) in [7, 11) is 0.